The van der Waals surface area contributed by atoms with Crippen LogP contribution in [0.1, 0.15) is 103 Å². The Kier molecular flexibility index (Phi) is 15.4. The Balaban J connectivity index is 2.37. The van der Waals surface area contributed by atoms with E-state index in [9.17, 15) is 14.4 Å². The molecule has 0 unspecified atom stereocenters. The van der Waals surface area contributed by atoms with Crippen molar-refractivity contribution in [1.29, 1.82) is 0 Å². The average molecular weight is 436 g/mol. The molecule has 1 amide bonds. The first-order valence-electron chi connectivity index (χ1n) is 12.1. The molecule has 1 aliphatic heterocycles. The third kappa shape index (κ3) is 12.4. The first-order valence-corrected chi connectivity index (χ1v) is 12.1. The molecule has 6 heteroatoms. The number of carbonyl (C=O) groups excluding carboxylic acids is 3. The van der Waals surface area contributed by atoms with Crippen molar-refractivity contribution in [2.75, 3.05) is 6.54 Å². The number of esters is 2. The molecule has 0 radical (unpaired) electrons. The van der Waals surface area contributed by atoms with Gasteiger partial charge >= 0.3 is 11.9 Å². The zero-order valence-corrected chi connectivity index (χ0v) is 19.2. The summed E-state index contributed by atoms with van der Waals surface area (Å²) in [5.74, 6) is 1.87. The average Bonchev–Trinajstić information content (AvgIpc) is 2.75. The van der Waals surface area contributed by atoms with Crippen molar-refractivity contribution >= 4 is 18.3 Å². The van der Waals surface area contributed by atoms with E-state index in [-0.39, 0.29) is 30.6 Å². The molecule has 176 valence electrons. The molecule has 1 N–H and O–H groups in total. The fourth-order valence-electron chi connectivity index (χ4n) is 4.02. The number of hydrogen-bond donors (Lipinski definition) is 1. The lowest BCUT2D eigenvalue weighted by atomic mass is 9.86. The van der Waals surface area contributed by atoms with Gasteiger partial charge in [-0.25, -0.2) is 0 Å². The zero-order valence-electron chi connectivity index (χ0n) is 19.2. The van der Waals surface area contributed by atoms with Gasteiger partial charge in [-0.05, 0) is 25.7 Å². The van der Waals surface area contributed by atoms with Crippen LogP contribution in [-0.4, -0.2) is 37.1 Å². The number of amides is 1. The summed E-state index contributed by atoms with van der Waals surface area (Å²) in [7, 11) is 0. The Hall–Kier alpha value is -2.03. The molecule has 0 aromatic carbocycles. The summed E-state index contributed by atoms with van der Waals surface area (Å²) in [6.45, 7) is 2.09. The molecular formula is C25H41NO5. The van der Waals surface area contributed by atoms with E-state index in [4.69, 9.17) is 15.9 Å². The summed E-state index contributed by atoms with van der Waals surface area (Å²) in [5, 5.41) is 2.34. The fourth-order valence-corrected chi connectivity index (χ4v) is 4.02. The van der Waals surface area contributed by atoms with Crippen LogP contribution in [0.15, 0.2) is 0 Å². The minimum atomic E-state index is -0.454. The molecular weight excluding hydrogens is 394 g/mol. The quantitative estimate of drug-likeness (QED) is 0.130. The molecule has 1 heterocycles. The lowest BCUT2D eigenvalue weighted by Crippen LogP contribution is -2.47. The zero-order chi connectivity index (χ0) is 22.7. The molecule has 0 aliphatic carbocycles. The molecule has 1 rings (SSSR count). The number of hydrogen-bond acceptors (Lipinski definition) is 5. The number of unbranched alkanes of at least 4 members (excludes halogenated alkanes) is 10. The number of carbonyl (C=O) groups is 3. The van der Waals surface area contributed by atoms with Gasteiger partial charge in [0.05, 0.1) is 5.92 Å². The van der Waals surface area contributed by atoms with E-state index >= 15 is 0 Å². The van der Waals surface area contributed by atoms with Crippen LogP contribution in [0.25, 0.3) is 0 Å². The highest BCUT2D eigenvalue weighted by molar-refractivity contribution is 5.78. The van der Waals surface area contributed by atoms with Crippen LogP contribution in [0.5, 0.6) is 0 Å². The second kappa shape index (κ2) is 17.6. The van der Waals surface area contributed by atoms with Gasteiger partial charge in [0.2, 0.25) is 6.41 Å². The molecule has 1 fully saturated rings. The van der Waals surface area contributed by atoms with Crippen LogP contribution in [0.4, 0.5) is 0 Å². The van der Waals surface area contributed by atoms with E-state index in [0.717, 1.165) is 44.9 Å². The van der Waals surface area contributed by atoms with Crippen molar-refractivity contribution in [1.82, 2.24) is 5.32 Å². The second-order valence-corrected chi connectivity index (χ2v) is 8.50. The van der Waals surface area contributed by atoms with Crippen LogP contribution >= 0.6 is 0 Å². The Morgan fingerprint density at radius 1 is 1.13 bits per heavy atom. The number of terminal acetylenes is 1. The molecule has 1 saturated heterocycles. The Morgan fingerprint density at radius 3 is 2.42 bits per heavy atom. The molecule has 0 bridgehead atoms. The lowest BCUT2D eigenvalue weighted by Gasteiger charge is -2.37. The molecule has 31 heavy (non-hydrogen) atoms. The maximum atomic E-state index is 12.0. The SMILES string of the molecule is C#CCCCC[C@H]1C(=O)O[C@@H]1C[C@@H](CCCCCCCCCCC)OC(=O)CNC=O. The minimum Gasteiger partial charge on any atom is -0.461 e. The molecule has 6 nitrogen and oxygen atoms in total. The monoisotopic (exact) mass is 435 g/mol. The van der Waals surface area contributed by atoms with Crippen molar-refractivity contribution in [3.8, 4) is 12.3 Å². The van der Waals surface area contributed by atoms with Gasteiger partial charge < -0.3 is 14.8 Å². The summed E-state index contributed by atoms with van der Waals surface area (Å²) in [5.41, 5.74) is 0. The van der Waals surface area contributed by atoms with E-state index in [0.29, 0.717) is 12.8 Å². The van der Waals surface area contributed by atoms with Gasteiger partial charge in [-0.1, -0.05) is 64.7 Å². The maximum absolute atomic E-state index is 12.0. The van der Waals surface area contributed by atoms with Crippen molar-refractivity contribution in [3.05, 3.63) is 0 Å². The van der Waals surface area contributed by atoms with Gasteiger partial charge in [0.15, 0.2) is 0 Å². The van der Waals surface area contributed by atoms with Gasteiger partial charge in [0.25, 0.3) is 0 Å². The van der Waals surface area contributed by atoms with E-state index in [1.165, 1.54) is 44.9 Å². The predicted molar refractivity (Wildman–Crippen MR) is 121 cm³/mol. The van der Waals surface area contributed by atoms with E-state index in [2.05, 4.69) is 18.2 Å². The van der Waals surface area contributed by atoms with Crippen molar-refractivity contribution < 1.29 is 23.9 Å². The highest BCUT2D eigenvalue weighted by Crippen LogP contribution is 2.32. The number of nitrogens with one attached hydrogen (secondary N) is 1. The highest BCUT2D eigenvalue weighted by atomic mass is 16.6. The summed E-state index contributed by atoms with van der Waals surface area (Å²) < 4.78 is 10.9. The summed E-state index contributed by atoms with van der Waals surface area (Å²) in [6.07, 6.45) is 20.9. The molecule has 0 spiro atoms. The van der Waals surface area contributed by atoms with Crippen LogP contribution in [-0.2, 0) is 23.9 Å². The summed E-state index contributed by atoms with van der Waals surface area (Å²) in [4.78, 5) is 34.3. The van der Waals surface area contributed by atoms with E-state index in [1.54, 1.807) is 0 Å². The molecule has 0 aromatic rings. The second-order valence-electron chi connectivity index (χ2n) is 8.50. The first kappa shape index (κ1) is 27.0. The third-order valence-electron chi connectivity index (χ3n) is 5.86. The largest absolute Gasteiger partial charge is 0.461 e. The van der Waals surface area contributed by atoms with Crippen molar-refractivity contribution in [2.24, 2.45) is 5.92 Å². The Labute approximate surface area is 188 Å². The predicted octanol–water partition coefficient (Wildman–Crippen LogP) is 4.69. The van der Waals surface area contributed by atoms with Crippen LogP contribution in [0.2, 0.25) is 0 Å². The molecule has 3 atom stereocenters. The highest BCUT2D eigenvalue weighted by Gasteiger charge is 2.43. The van der Waals surface area contributed by atoms with Gasteiger partial charge in [-0.3, -0.25) is 14.4 Å². The van der Waals surface area contributed by atoms with Gasteiger partial charge in [0.1, 0.15) is 18.8 Å². The van der Waals surface area contributed by atoms with Crippen LogP contribution < -0.4 is 5.32 Å². The van der Waals surface area contributed by atoms with E-state index in [1.807, 2.05) is 0 Å². The van der Waals surface area contributed by atoms with Gasteiger partial charge in [0, 0.05) is 12.8 Å². The molecule has 1 aliphatic rings. The lowest BCUT2D eigenvalue weighted by molar-refractivity contribution is -0.190. The van der Waals surface area contributed by atoms with Crippen LogP contribution in [0, 0.1) is 18.3 Å². The normalized spacial score (nSPS) is 18.4. The number of cyclic esters (lactones) is 1. The van der Waals surface area contributed by atoms with Crippen molar-refractivity contribution in [2.45, 2.75) is 115 Å². The smallest absolute Gasteiger partial charge is 0.325 e. The Morgan fingerprint density at radius 2 is 1.81 bits per heavy atom. The standard InChI is InChI=1S/C25H41NO5/c1-3-5-7-9-10-11-12-13-14-16-21(30-24(28)19-26-20-27)18-23-22(25(29)31-23)17-15-8-6-4-2/h2,20-23H,3,5-19H2,1H3,(H,26,27)/t21-,22-,23-/m1/s1. The van der Waals surface area contributed by atoms with Crippen LogP contribution in [0.3, 0.4) is 0 Å². The molecule has 0 aromatic heterocycles. The topological polar surface area (TPSA) is 81.7 Å². The third-order valence-corrected chi connectivity index (χ3v) is 5.86. The number of ether oxygens (including phenoxy) is 2. The summed E-state index contributed by atoms with van der Waals surface area (Å²) >= 11 is 0. The van der Waals surface area contributed by atoms with E-state index < -0.39 is 5.97 Å². The fraction of sp³-hybridized carbons (Fsp3) is 0.800. The molecule has 0 saturated carbocycles. The maximum Gasteiger partial charge on any atom is 0.325 e. The minimum absolute atomic E-state index is 0.129. The summed E-state index contributed by atoms with van der Waals surface area (Å²) in [6, 6.07) is 0. The van der Waals surface area contributed by atoms with Gasteiger partial charge in [-0.2, -0.15) is 0 Å². The van der Waals surface area contributed by atoms with Gasteiger partial charge in [-0.15, -0.1) is 12.3 Å². The van der Waals surface area contributed by atoms with Crippen molar-refractivity contribution in [3.63, 3.8) is 0 Å². The first-order chi connectivity index (χ1) is 15.1. The number of rotatable bonds is 20. The Bertz CT molecular complexity index is 557.